The Kier molecular flexibility index (Phi) is 6.01. The molecule has 0 radical (unpaired) electrons. The molecule has 2 N–H and O–H groups in total. The number of anilines is 1. The third-order valence-corrected chi connectivity index (χ3v) is 5.71. The number of aromatic nitrogens is 2. The quantitative estimate of drug-likeness (QED) is 0.646. The van der Waals surface area contributed by atoms with E-state index in [1.807, 2.05) is 18.2 Å². The molecule has 0 bridgehead atoms. The number of benzene rings is 1. The third-order valence-electron chi connectivity index (χ3n) is 5.71. The number of hydrogen-bond acceptors (Lipinski definition) is 6. The highest BCUT2D eigenvalue weighted by Crippen LogP contribution is 2.38. The van der Waals surface area contributed by atoms with Crippen molar-refractivity contribution in [2.75, 3.05) is 58.9 Å². The van der Waals surface area contributed by atoms with Gasteiger partial charge >= 0.3 is 5.69 Å². The molecule has 29 heavy (non-hydrogen) atoms. The van der Waals surface area contributed by atoms with Crippen LogP contribution in [0.4, 0.5) is 5.82 Å². The van der Waals surface area contributed by atoms with E-state index in [0.29, 0.717) is 23.9 Å². The van der Waals surface area contributed by atoms with E-state index in [4.69, 9.17) is 14.2 Å². The highest BCUT2D eigenvalue weighted by atomic mass is 16.5. The predicted molar refractivity (Wildman–Crippen MR) is 110 cm³/mol. The zero-order valence-corrected chi connectivity index (χ0v) is 17.1. The number of nitrogens with one attached hydrogen (secondary N) is 2. The Balaban J connectivity index is 1.51. The van der Waals surface area contributed by atoms with Crippen molar-refractivity contribution in [3.63, 3.8) is 0 Å². The number of rotatable bonds is 7. The van der Waals surface area contributed by atoms with Crippen molar-refractivity contribution in [1.29, 1.82) is 0 Å². The number of ether oxygens (including phenoxy) is 3. The Labute approximate surface area is 170 Å². The minimum absolute atomic E-state index is 0.218. The fourth-order valence-electron chi connectivity index (χ4n) is 4.10. The molecule has 156 valence electrons. The second-order valence-electron chi connectivity index (χ2n) is 7.47. The second kappa shape index (κ2) is 8.84. The smallest absolute Gasteiger partial charge is 0.349 e. The summed E-state index contributed by atoms with van der Waals surface area (Å²) < 4.78 is 18.0. The average Bonchev–Trinajstić information content (AvgIpc) is 2.76. The van der Waals surface area contributed by atoms with Gasteiger partial charge in [0.25, 0.3) is 0 Å². The number of hydrogen-bond donors (Lipinski definition) is 2. The standard InChI is InChI=1S/C21H28N4O4/c1-27-18-12-15-4-7-25-17(16(15)13-19(18)28-2)14-20(23-21(25)26)22-5-3-6-24-8-10-29-11-9-24/h12-14H,3-11H2,1-2H3,(H,22,23,26)/p+1. The van der Waals surface area contributed by atoms with Crippen molar-refractivity contribution in [1.82, 2.24) is 9.55 Å². The Bertz CT molecular complexity index is 922. The Morgan fingerprint density at radius 2 is 1.93 bits per heavy atom. The molecule has 4 rings (SSSR count). The van der Waals surface area contributed by atoms with Gasteiger partial charge in [-0.3, -0.25) is 4.57 Å². The van der Waals surface area contributed by atoms with Crippen LogP contribution in [0.25, 0.3) is 11.3 Å². The van der Waals surface area contributed by atoms with Gasteiger partial charge in [0.2, 0.25) is 0 Å². The zero-order valence-electron chi connectivity index (χ0n) is 17.1. The summed E-state index contributed by atoms with van der Waals surface area (Å²) in [5.41, 5.74) is 2.79. The summed E-state index contributed by atoms with van der Waals surface area (Å²) >= 11 is 0. The van der Waals surface area contributed by atoms with Crippen molar-refractivity contribution in [2.24, 2.45) is 0 Å². The molecule has 0 amide bonds. The van der Waals surface area contributed by atoms with Crippen LogP contribution in [0.5, 0.6) is 11.5 Å². The molecule has 2 aliphatic heterocycles. The molecule has 8 nitrogen and oxygen atoms in total. The van der Waals surface area contributed by atoms with Crippen molar-refractivity contribution in [3.8, 4) is 22.8 Å². The van der Waals surface area contributed by atoms with E-state index in [1.54, 1.807) is 23.7 Å². The number of methoxy groups -OCH3 is 2. The number of aryl methyl sites for hydroxylation is 1. The molecule has 8 heteroatoms. The lowest BCUT2D eigenvalue weighted by atomic mass is 9.97. The summed E-state index contributed by atoms with van der Waals surface area (Å²) in [6.07, 6.45) is 1.79. The molecule has 1 aromatic heterocycles. The molecule has 3 heterocycles. The SMILES string of the molecule is COc1cc2c(cc1OC)-c1cc(NCCC[NH+]3CCOCC3)nc(=O)n1CC2. The topological polar surface area (TPSA) is 79.1 Å². The van der Waals surface area contributed by atoms with Gasteiger partial charge in [-0.25, -0.2) is 4.79 Å². The van der Waals surface area contributed by atoms with E-state index in [-0.39, 0.29) is 5.69 Å². The third kappa shape index (κ3) is 4.23. The summed E-state index contributed by atoms with van der Waals surface area (Å²) in [6.45, 7) is 6.34. The van der Waals surface area contributed by atoms with Crippen molar-refractivity contribution < 1.29 is 19.1 Å². The lowest BCUT2D eigenvalue weighted by Gasteiger charge is -2.24. The van der Waals surface area contributed by atoms with Gasteiger partial charge in [0.05, 0.1) is 39.7 Å². The van der Waals surface area contributed by atoms with Crippen LogP contribution in [-0.2, 0) is 17.7 Å². The lowest BCUT2D eigenvalue weighted by molar-refractivity contribution is -0.908. The molecule has 0 saturated carbocycles. The summed E-state index contributed by atoms with van der Waals surface area (Å²) in [7, 11) is 3.26. The van der Waals surface area contributed by atoms with Crippen molar-refractivity contribution in [2.45, 2.75) is 19.4 Å². The highest BCUT2D eigenvalue weighted by Gasteiger charge is 2.21. The van der Waals surface area contributed by atoms with Crippen molar-refractivity contribution >= 4 is 5.82 Å². The maximum absolute atomic E-state index is 12.6. The first-order chi connectivity index (χ1) is 14.2. The molecule has 2 aromatic rings. The number of morpholine rings is 1. The van der Waals surface area contributed by atoms with Crippen LogP contribution in [-0.4, -0.2) is 63.2 Å². The predicted octanol–water partition coefficient (Wildman–Crippen LogP) is 0.201. The van der Waals surface area contributed by atoms with E-state index >= 15 is 0 Å². The minimum atomic E-state index is -0.218. The van der Waals surface area contributed by atoms with Gasteiger partial charge in [-0.15, -0.1) is 0 Å². The first-order valence-corrected chi connectivity index (χ1v) is 10.2. The minimum Gasteiger partial charge on any atom is -0.493 e. The van der Waals surface area contributed by atoms with E-state index < -0.39 is 0 Å². The molecule has 0 atom stereocenters. The molecular formula is C21H29N4O4+. The maximum atomic E-state index is 12.6. The summed E-state index contributed by atoms with van der Waals surface area (Å²) in [5.74, 6) is 1.99. The van der Waals surface area contributed by atoms with Crippen LogP contribution in [0.1, 0.15) is 12.0 Å². The Morgan fingerprint density at radius 3 is 2.69 bits per heavy atom. The fraction of sp³-hybridized carbons (Fsp3) is 0.524. The molecule has 1 saturated heterocycles. The summed E-state index contributed by atoms with van der Waals surface area (Å²) in [4.78, 5) is 18.4. The largest absolute Gasteiger partial charge is 0.493 e. The maximum Gasteiger partial charge on any atom is 0.349 e. The molecule has 2 aliphatic rings. The molecule has 0 unspecified atom stereocenters. The van der Waals surface area contributed by atoms with Crippen LogP contribution in [0.2, 0.25) is 0 Å². The van der Waals surface area contributed by atoms with Gasteiger partial charge in [-0.2, -0.15) is 4.98 Å². The van der Waals surface area contributed by atoms with Gasteiger partial charge in [0.15, 0.2) is 11.5 Å². The van der Waals surface area contributed by atoms with Gasteiger partial charge in [-0.1, -0.05) is 0 Å². The van der Waals surface area contributed by atoms with Crippen LogP contribution in [0, 0.1) is 0 Å². The van der Waals surface area contributed by atoms with Gasteiger partial charge in [0, 0.05) is 31.1 Å². The highest BCUT2D eigenvalue weighted by molar-refractivity contribution is 5.71. The van der Waals surface area contributed by atoms with Crippen LogP contribution < -0.4 is 25.4 Å². The van der Waals surface area contributed by atoms with Gasteiger partial charge < -0.3 is 24.4 Å². The lowest BCUT2D eigenvalue weighted by Crippen LogP contribution is -3.14. The number of nitrogens with zero attached hydrogens (tertiary/aromatic N) is 2. The van der Waals surface area contributed by atoms with Crippen LogP contribution in [0.3, 0.4) is 0 Å². The zero-order chi connectivity index (χ0) is 20.2. The van der Waals surface area contributed by atoms with Gasteiger partial charge in [0.1, 0.15) is 18.9 Å². The molecule has 1 aromatic carbocycles. The second-order valence-corrected chi connectivity index (χ2v) is 7.47. The number of quaternary nitrogens is 1. The summed E-state index contributed by atoms with van der Waals surface area (Å²) in [5, 5.41) is 3.33. The monoisotopic (exact) mass is 401 g/mol. The molecule has 1 fully saturated rings. The van der Waals surface area contributed by atoms with Crippen molar-refractivity contribution in [3.05, 3.63) is 34.2 Å². The summed E-state index contributed by atoms with van der Waals surface area (Å²) in [6, 6.07) is 5.91. The average molecular weight is 401 g/mol. The first kappa shape index (κ1) is 19.7. The Hall–Kier alpha value is -2.58. The molecule has 0 aliphatic carbocycles. The molecule has 0 spiro atoms. The number of fused-ring (bicyclic) bond motifs is 3. The van der Waals surface area contributed by atoms with E-state index in [9.17, 15) is 4.79 Å². The van der Waals surface area contributed by atoms with Gasteiger partial charge in [-0.05, 0) is 24.1 Å². The van der Waals surface area contributed by atoms with E-state index in [1.165, 1.54) is 0 Å². The van der Waals surface area contributed by atoms with Crippen LogP contribution >= 0.6 is 0 Å². The van der Waals surface area contributed by atoms with Crippen LogP contribution in [0.15, 0.2) is 23.0 Å². The van der Waals surface area contributed by atoms with E-state index in [2.05, 4.69) is 10.3 Å². The Morgan fingerprint density at radius 1 is 1.17 bits per heavy atom. The first-order valence-electron chi connectivity index (χ1n) is 10.2. The molecular weight excluding hydrogens is 372 g/mol. The normalized spacial score (nSPS) is 16.1. The van der Waals surface area contributed by atoms with E-state index in [0.717, 1.165) is 69.1 Å². The fourth-order valence-corrected chi connectivity index (χ4v) is 4.10.